The average Bonchev–Trinajstić information content (AvgIpc) is 2.67. The van der Waals surface area contributed by atoms with Crippen molar-refractivity contribution in [1.29, 1.82) is 0 Å². The van der Waals surface area contributed by atoms with Gasteiger partial charge in [0.2, 0.25) is 0 Å². The molecule has 158 valence electrons. The zero-order chi connectivity index (χ0) is 19.4. The van der Waals surface area contributed by atoms with E-state index in [4.69, 9.17) is 9.47 Å². The zero-order valence-corrected chi connectivity index (χ0v) is 16.6. The molecule has 1 unspecified atom stereocenters. The Morgan fingerprint density at radius 1 is 1.14 bits per heavy atom. The van der Waals surface area contributed by atoms with Crippen LogP contribution in [0.3, 0.4) is 0 Å². The van der Waals surface area contributed by atoms with Crippen LogP contribution in [-0.4, -0.2) is 41.2 Å². The smallest absolute Gasteiger partial charge is 0.161 e. The fraction of sp³-hybridized carbons (Fsp3) is 0.458. The Labute approximate surface area is 172 Å². The molecule has 0 fully saturated rings. The molecule has 0 aliphatic heterocycles. The van der Waals surface area contributed by atoms with Crippen LogP contribution < -0.4 is 9.47 Å². The van der Waals surface area contributed by atoms with E-state index in [1.165, 1.54) is 5.71 Å². The van der Waals surface area contributed by atoms with Crippen LogP contribution in [0, 0.1) is 5.92 Å². The van der Waals surface area contributed by atoms with Crippen molar-refractivity contribution in [2.24, 2.45) is 10.9 Å². The second kappa shape index (κ2) is 15.7. The Kier molecular flexibility index (Phi) is 15.6. The molecule has 0 radical (unpaired) electrons. The standard InChI is InChI=1S/C20H25NO2.C2H6O.2CH4/c1-15(13-17-7-5-6-8-18(17)21-2)9-10-16-11-12-19(22-3)20(14-16)23-4;1-3-2;;/h6,8-12,14,17H,1,5,7,13H2,2-4H3;1-2H3;2*1H4/b10-9+,21-18?;;;. The number of ether oxygens (including phenoxy) is 3. The highest BCUT2D eigenvalue weighted by atomic mass is 16.5. The summed E-state index contributed by atoms with van der Waals surface area (Å²) < 4.78 is 14.8. The quantitative estimate of drug-likeness (QED) is 0.541. The Hall–Kier alpha value is -2.33. The fourth-order valence-corrected chi connectivity index (χ4v) is 2.80. The highest BCUT2D eigenvalue weighted by molar-refractivity contribution is 5.97. The van der Waals surface area contributed by atoms with E-state index in [9.17, 15) is 0 Å². The van der Waals surface area contributed by atoms with Crippen molar-refractivity contribution in [3.8, 4) is 11.5 Å². The predicted molar refractivity (Wildman–Crippen MR) is 124 cm³/mol. The number of nitrogens with zero attached hydrogens (tertiary/aromatic N) is 1. The van der Waals surface area contributed by atoms with E-state index in [-0.39, 0.29) is 14.9 Å². The molecule has 0 saturated carbocycles. The monoisotopic (exact) mass is 389 g/mol. The van der Waals surface area contributed by atoms with Crippen LogP contribution in [0.1, 0.15) is 39.7 Å². The van der Waals surface area contributed by atoms with Gasteiger partial charge in [0.05, 0.1) is 14.2 Å². The minimum absolute atomic E-state index is 0. The number of methoxy groups -OCH3 is 3. The molecule has 1 aromatic rings. The van der Waals surface area contributed by atoms with Crippen molar-refractivity contribution in [3.05, 3.63) is 54.1 Å². The lowest BCUT2D eigenvalue weighted by Gasteiger charge is -2.19. The number of benzene rings is 1. The molecule has 2 rings (SSSR count). The lowest BCUT2D eigenvalue weighted by molar-refractivity contribution is 0.277. The molecular weight excluding hydrogens is 350 g/mol. The summed E-state index contributed by atoms with van der Waals surface area (Å²) in [5.74, 6) is 1.95. The Balaban J connectivity index is 0. The van der Waals surface area contributed by atoms with Gasteiger partial charge in [0.25, 0.3) is 0 Å². The van der Waals surface area contributed by atoms with E-state index in [0.717, 1.165) is 41.9 Å². The van der Waals surface area contributed by atoms with Crippen LogP contribution in [0.2, 0.25) is 0 Å². The topological polar surface area (TPSA) is 40.0 Å². The number of aliphatic imine (C=N–C) groups is 1. The lowest BCUT2D eigenvalue weighted by Crippen LogP contribution is -2.15. The van der Waals surface area contributed by atoms with Crippen molar-refractivity contribution in [2.75, 3.05) is 35.5 Å². The van der Waals surface area contributed by atoms with Gasteiger partial charge in [-0.3, -0.25) is 4.99 Å². The minimum atomic E-state index is 0. The van der Waals surface area contributed by atoms with Crippen molar-refractivity contribution < 1.29 is 14.2 Å². The molecule has 0 amide bonds. The highest BCUT2D eigenvalue weighted by Gasteiger charge is 2.16. The predicted octanol–water partition coefficient (Wildman–Crippen LogP) is 6.24. The van der Waals surface area contributed by atoms with Crippen LogP contribution in [-0.2, 0) is 4.74 Å². The summed E-state index contributed by atoms with van der Waals surface area (Å²) in [5, 5.41) is 0. The van der Waals surface area contributed by atoms with Gasteiger partial charge in [0.1, 0.15) is 0 Å². The number of hydrogen-bond acceptors (Lipinski definition) is 4. The van der Waals surface area contributed by atoms with Gasteiger partial charge in [-0.1, -0.05) is 51.3 Å². The molecule has 0 N–H and O–H groups in total. The van der Waals surface area contributed by atoms with Crippen molar-refractivity contribution in [3.63, 3.8) is 0 Å². The molecule has 1 aromatic carbocycles. The SMILES string of the molecule is C.C.C=C(/C=C/c1ccc(OC)c(OC)c1)CC1CCC=CC1=NC.COC. The summed E-state index contributed by atoms with van der Waals surface area (Å²) in [6.07, 6.45) is 11.7. The summed E-state index contributed by atoms with van der Waals surface area (Å²) in [7, 11) is 8.40. The minimum Gasteiger partial charge on any atom is -0.493 e. The average molecular weight is 390 g/mol. The van der Waals surface area contributed by atoms with E-state index >= 15 is 0 Å². The molecule has 0 heterocycles. The van der Waals surface area contributed by atoms with E-state index in [0.29, 0.717) is 5.92 Å². The maximum absolute atomic E-state index is 5.33. The van der Waals surface area contributed by atoms with Crippen molar-refractivity contribution in [1.82, 2.24) is 0 Å². The normalized spacial score (nSPS) is 16.5. The molecule has 28 heavy (non-hydrogen) atoms. The summed E-state index contributed by atoms with van der Waals surface area (Å²) in [4.78, 5) is 4.38. The van der Waals surface area contributed by atoms with Gasteiger partial charge < -0.3 is 14.2 Å². The molecule has 1 aliphatic rings. The van der Waals surface area contributed by atoms with E-state index in [2.05, 4.69) is 40.6 Å². The Bertz CT molecular complexity index is 660. The number of hydrogen-bond donors (Lipinski definition) is 0. The third-order valence-corrected chi connectivity index (χ3v) is 4.07. The van der Waals surface area contributed by atoms with Crippen LogP contribution in [0.4, 0.5) is 0 Å². The molecule has 4 nitrogen and oxygen atoms in total. The molecule has 0 saturated heterocycles. The van der Waals surface area contributed by atoms with Crippen molar-refractivity contribution >= 4 is 11.8 Å². The first kappa shape index (κ1) is 27.9. The van der Waals surface area contributed by atoms with Gasteiger partial charge in [-0.15, -0.1) is 0 Å². The summed E-state index contributed by atoms with van der Waals surface area (Å²) in [6.45, 7) is 4.19. The first-order valence-corrected chi connectivity index (χ1v) is 8.70. The Morgan fingerprint density at radius 3 is 2.36 bits per heavy atom. The van der Waals surface area contributed by atoms with E-state index in [1.807, 2.05) is 25.2 Å². The second-order valence-electron chi connectivity index (χ2n) is 6.04. The lowest BCUT2D eigenvalue weighted by atomic mass is 9.87. The fourth-order valence-electron chi connectivity index (χ4n) is 2.80. The van der Waals surface area contributed by atoms with Gasteiger partial charge >= 0.3 is 0 Å². The number of allylic oxidation sites excluding steroid dienone is 4. The van der Waals surface area contributed by atoms with E-state index in [1.54, 1.807) is 28.4 Å². The van der Waals surface area contributed by atoms with Crippen LogP contribution in [0.25, 0.3) is 6.08 Å². The summed E-state index contributed by atoms with van der Waals surface area (Å²) in [6, 6.07) is 5.88. The first-order chi connectivity index (χ1) is 12.6. The zero-order valence-electron chi connectivity index (χ0n) is 16.6. The third-order valence-electron chi connectivity index (χ3n) is 4.07. The van der Waals surface area contributed by atoms with Crippen molar-refractivity contribution in [2.45, 2.75) is 34.1 Å². The van der Waals surface area contributed by atoms with Crippen LogP contribution in [0.5, 0.6) is 11.5 Å². The molecular formula is C24H39NO3. The maximum Gasteiger partial charge on any atom is 0.161 e. The molecule has 0 aromatic heterocycles. The van der Waals surface area contributed by atoms with Gasteiger partial charge in [-0.05, 0) is 43.0 Å². The van der Waals surface area contributed by atoms with Crippen LogP contribution in [0.15, 0.2) is 53.6 Å². The molecule has 1 atom stereocenters. The first-order valence-electron chi connectivity index (χ1n) is 8.70. The van der Waals surface area contributed by atoms with Gasteiger partial charge in [-0.2, -0.15) is 0 Å². The molecule has 4 heteroatoms. The highest BCUT2D eigenvalue weighted by Crippen LogP contribution is 2.28. The summed E-state index contributed by atoms with van der Waals surface area (Å²) in [5.41, 5.74) is 3.36. The van der Waals surface area contributed by atoms with Gasteiger partial charge in [0, 0.05) is 32.9 Å². The van der Waals surface area contributed by atoms with Gasteiger partial charge in [-0.25, -0.2) is 0 Å². The number of rotatable bonds is 6. The molecule has 0 spiro atoms. The maximum atomic E-state index is 5.33. The Morgan fingerprint density at radius 2 is 1.79 bits per heavy atom. The van der Waals surface area contributed by atoms with Gasteiger partial charge in [0.15, 0.2) is 11.5 Å². The molecule has 1 aliphatic carbocycles. The van der Waals surface area contributed by atoms with E-state index < -0.39 is 0 Å². The second-order valence-corrected chi connectivity index (χ2v) is 6.04. The van der Waals surface area contributed by atoms with Crippen LogP contribution >= 0.6 is 0 Å². The third kappa shape index (κ3) is 9.05. The summed E-state index contributed by atoms with van der Waals surface area (Å²) >= 11 is 0. The molecule has 0 bridgehead atoms. The largest absolute Gasteiger partial charge is 0.493 e.